The van der Waals surface area contributed by atoms with Gasteiger partial charge in [0.05, 0.1) is 21.4 Å². The van der Waals surface area contributed by atoms with Crippen LogP contribution in [0, 0.1) is 0 Å². The monoisotopic (exact) mass is 496 g/mol. The summed E-state index contributed by atoms with van der Waals surface area (Å²) >= 11 is 12.7. The molecule has 0 bridgehead atoms. The summed E-state index contributed by atoms with van der Waals surface area (Å²) in [6, 6.07) is 12.2. The maximum Gasteiger partial charge on any atom is 0.289 e. The van der Waals surface area contributed by atoms with Crippen LogP contribution in [0.5, 0.6) is 5.75 Å². The Hall–Kier alpha value is -2.16. The average Bonchev–Trinajstić information content (AvgIpc) is 3.09. The molecule has 26 heavy (non-hydrogen) atoms. The van der Waals surface area contributed by atoms with E-state index in [1.54, 1.807) is 24.3 Å². The van der Waals surface area contributed by atoms with E-state index in [0.717, 1.165) is 10.0 Å². The molecule has 1 amide bonds. The molecule has 1 aromatic heterocycles. The van der Waals surface area contributed by atoms with E-state index < -0.39 is 5.91 Å². The highest BCUT2D eigenvalue weighted by atomic mass is 79.9. The fourth-order valence-electron chi connectivity index (χ4n) is 2.15. The van der Waals surface area contributed by atoms with Crippen LogP contribution in [0.1, 0.15) is 16.1 Å². The van der Waals surface area contributed by atoms with Gasteiger partial charge in [-0.2, -0.15) is 10.2 Å². The minimum atomic E-state index is -0.472. The number of hydrogen-bond acceptors (Lipinski definition) is 4. The van der Waals surface area contributed by atoms with Crippen molar-refractivity contribution in [3.05, 3.63) is 67.7 Å². The molecule has 0 saturated heterocycles. The summed E-state index contributed by atoms with van der Waals surface area (Å²) in [5, 5.41) is 21.1. The Balaban J connectivity index is 1.73. The third kappa shape index (κ3) is 4.14. The fourth-order valence-corrected chi connectivity index (χ4v) is 3.64. The van der Waals surface area contributed by atoms with Crippen LogP contribution < -0.4 is 5.43 Å². The number of nitrogens with one attached hydrogen (secondary N) is 2. The van der Waals surface area contributed by atoms with Gasteiger partial charge in [-0.1, -0.05) is 45.7 Å². The van der Waals surface area contributed by atoms with Crippen LogP contribution in [0.15, 0.2) is 56.5 Å². The van der Waals surface area contributed by atoms with E-state index in [2.05, 4.69) is 52.6 Å². The van der Waals surface area contributed by atoms with Crippen LogP contribution in [0.2, 0.25) is 5.02 Å². The van der Waals surface area contributed by atoms with Crippen molar-refractivity contribution in [3.63, 3.8) is 0 Å². The van der Waals surface area contributed by atoms with Crippen LogP contribution in [0.25, 0.3) is 11.3 Å². The van der Waals surface area contributed by atoms with Gasteiger partial charge < -0.3 is 5.11 Å². The molecule has 0 aliphatic heterocycles. The predicted octanol–water partition coefficient (Wildman–Crippen LogP) is 4.72. The zero-order chi connectivity index (χ0) is 18.7. The van der Waals surface area contributed by atoms with Gasteiger partial charge in [0.2, 0.25) is 0 Å². The summed E-state index contributed by atoms with van der Waals surface area (Å²) in [5.41, 5.74) is 4.32. The highest BCUT2D eigenvalue weighted by Crippen LogP contribution is 2.30. The van der Waals surface area contributed by atoms with E-state index in [1.165, 1.54) is 6.21 Å². The summed E-state index contributed by atoms with van der Waals surface area (Å²) in [6.45, 7) is 0. The number of carbonyl (C=O) groups is 1. The number of rotatable bonds is 4. The summed E-state index contributed by atoms with van der Waals surface area (Å²) in [6.07, 6.45) is 1.34. The minimum absolute atomic E-state index is 0.0220. The molecule has 0 atom stereocenters. The van der Waals surface area contributed by atoms with Gasteiger partial charge in [0.25, 0.3) is 5.91 Å². The number of aromatic nitrogens is 2. The zero-order valence-electron chi connectivity index (χ0n) is 13.0. The molecule has 3 rings (SSSR count). The first-order valence-corrected chi connectivity index (χ1v) is 9.24. The summed E-state index contributed by atoms with van der Waals surface area (Å²) in [5.74, 6) is -0.450. The second-order valence-corrected chi connectivity index (χ2v) is 7.35. The van der Waals surface area contributed by atoms with Crippen molar-refractivity contribution in [3.8, 4) is 17.0 Å². The molecule has 0 aliphatic carbocycles. The standard InChI is InChI=1S/C17H11Br2ClN4O2/c18-10-5-9(16(25)12(19)6-10)8-21-24-17(26)15-7-14(22-23-15)11-3-1-2-4-13(11)20/h1-8,25H,(H,22,23)(H,24,26)/b21-8-. The van der Waals surface area contributed by atoms with Gasteiger partial charge in [0, 0.05) is 15.6 Å². The quantitative estimate of drug-likeness (QED) is 0.359. The number of halogens is 3. The lowest BCUT2D eigenvalue weighted by atomic mass is 10.1. The van der Waals surface area contributed by atoms with E-state index in [4.69, 9.17) is 11.6 Å². The number of hydrazone groups is 1. The molecule has 0 fully saturated rings. The van der Waals surface area contributed by atoms with Gasteiger partial charge in [-0.05, 0) is 40.2 Å². The smallest absolute Gasteiger partial charge is 0.289 e. The first kappa shape index (κ1) is 18.6. The number of H-pyrrole nitrogens is 1. The third-order valence-electron chi connectivity index (χ3n) is 3.40. The maximum absolute atomic E-state index is 12.2. The Labute approximate surface area is 170 Å². The van der Waals surface area contributed by atoms with E-state index in [9.17, 15) is 9.90 Å². The molecule has 132 valence electrons. The van der Waals surface area contributed by atoms with Crippen molar-refractivity contribution < 1.29 is 9.90 Å². The maximum atomic E-state index is 12.2. The second kappa shape index (κ2) is 8.03. The van der Waals surface area contributed by atoms with E-state index >= 15 is 0 Å². The van der Waals surface area contributed by atoms with E-state index in [1.807, 2.05) is 18.2 Å². The number of carbonyl (C=O) groups excluding carboxylic acids is 1. The van der Waals surface area contributed by atoms with Crippen LogP contribution in [-0.2, 0) is 0 Å². The van der Waals surface area contributed by atoms with Gasteiger partial charge in [-0.15, -0.1) is 0 Å². The van der Waals surface area contributed by atoms with Crippen LogP contribution in [-0.4, -0.2) is 27.4 Å². The normalized spacial score (nSPS) is 11.0. The molecular weight excluding hydrogens is 487 g/mol. The number of phenols is 1. The van der Waals surface area contributed by atoms with Gasteiger partial charge >= 0.3 is 0 Å². The summed E-state index contributed by atoms with van der Waals surface area (Å²) in [4.78, 5) is 12.2. The molecule has 0 unspecified atom stereocenters. The second-order valence-electron chi connectivity index (χ2n) is 5.17. The topological polar surface area (TPSA) is 90.4 Å². The number of hydrogen-bond donors (Lipinski definition) is 3. The number of aromatic hydroxyl groups is 1. The Kier molecular flexibility index (Phi) is 5.75. The van der Waals surface area contributed by atoms with Crippen molar-refractivity contribution >= 4 is 55.6 Å². The molecule has 3 N–H and O–H groups in total. The van der Waals surface area contributed by atoms with Gasteiger partial charge in [0.1, 0.15) is 11.4 Å². The number of aromatic amines is 1. The molecule has 1 heterocycles. The lowest BCUT2D eigenvalue weighted by Gasteiger charge is -2.02. The molecule has 6 nitrogen and oxygen atoms in total. The molecule has 9 heteroatoms. The number of benzene rings is 2. The third-order valence-corrected chi connectivity index (χ3v) is 4.79. The first-order valence-electron chi connectivity index (χ1n) is 7.27. The summed E-state index contributed by atoms with van der Waals surface area (Å²) in [7, 11) is 0. The predicted molar refractivity (Wildman–Crippen MR) is 108 cm³/mol. The van der Waals surface area contributed by atoms with Crippen LogP contribution >= 0.6 is 43.5 Å². The lowest BCUT2D eigenvalue weighted by Crippen LogP contribution is -2.18. The van der Waals surface area contributed by atoms with Crippen molar-refractivity contribution in [1.29, 1.82) is 0 Å². The molecule has 0 spiro atoms. The molecule has 0 radical (unpaired) electrons. The Bertz CT molecular complexity index is 1000. The van der Waals surface area contributed by atoms with Gasteiger partial charge in [-0.3, -0.25) is 9.89 Å². The SMILES string of the molecule is O=C(N/N=C\c1cc(Br)cc(Br)c1O)c1cc(-c2ccccc2Cl)n[nH]1. The molecule has 0 saturated carbocycles. The average molecular weight is 499 g/mol. The van der Waals surface area contributed by atoms with E-state index in [0.29, 0.717) is 20.8 Å². The Morgan fingerprint density at radius 3 is 2.81 bits per heavy atom. The van der Waals surface area contributed by atoms with Crippen LogP contribution in [0.3, 0.4) is 0 Å². The number of amides is 1. The largest absolute Gasteiger partial charge is 0.506 e. The molecule has 2 aromatic carbocycles. The van der Waals surface area contributed by atoms with Crippen molar-refractivity contribution in [2.45, 2.75) is 0 Å². The van der Waals surface area contributed by atoms with Crippen molar-refractivity contribution in [2.24, 2.45) is 5.10 Å². The molecule has 0 aliphatic rings. The molecule has 3 aromatic rings. The highest BCUT2D eigenvalue weighted by Gasteiger charge is 2.12. The lowest BCUT2D eigenvalue weighted by molar-refractivity contribution is 0.0950. The van der Waals surface area contributed by atoms with Gasteiger partial charge in [0.15, 0.2) is 0 Å². The Morgan fingerprint density at radius 1 is 1.27 bits per heavy atom. The summed E-state index contributed by atoms with van der Waals surface area (Å²) < 4.78 is 1.27. The van der Waals surface area contributed by atoms with Crippen molar-refractivity contribution in [2.75, 3.05) is 0 Å². The number of nitrogens with zero attached hydrogens (tertiary/aromatic N) is 2. The van der Waals surface area contributed by atoms with E-state index in [-0.39, 0.29) is 11.4 Å². The molecular formula is C17H11Br2ClN4O2. The minimum Gasteiger partial charge on any atom is -0.506 e. The number of phenolic OH excluding ortho intramolecular Hbond substituents is 1. The first-order chi connectivity index (χ1) is 12.5. The Morgan fingerprint density at radius 2 is 2.04 bits per heavy atom. The van der Waals surface area contributed by atoms with Crippen LogP contribution in [0.4, 0.5) is 0 Å². The highest BCUT2D eigenvalue weighted by molar-refractivity contribution is 9.11. The zero-order valence-corrected chi connectivity index (χ0v) is 16.9. The fraction of sp³-hybridized carbons (Fsp3) is 0. The van der Waals surface area contributed by atoms with Crippen molar-refractivity contribution in [1.82, 2.24) is 15.6 Å². The van der Waals surface area contributed by atoms with Gasteiger partial charge in [-0.25, -0.2) is 5.43 Å².